The van der Waals surface area contributed by atoms with Crippen molar-refractivity contribution in [3.05, 3.63) is 56.0 Å². The summed E-state index contributed by atoms with van der Waals surface area (Å²) >= 11 is 0. The quantitative estimate of drug-likeness (QED) is 0.349. The third kappa shape index (κ3) is 3.77. The van der Waals surface area contributed by atoms with Crippen molar-refractivity contribution in [2.24, 2.45) is 7.05 Å². The molecule has 0 aliphatic rings. The Morgan fingerprint density at radius 3 is 2.38 bits per heavy atom. The van der Waals surface area contributed by atoms with Gasteiger partial charge in [0, 0.05) is 31.6 Å². The highest BCUT2D eigenvalue weighted by molar-refractivity contribution is 5.76. The molecule has 0 fully saturated rings. The third-order valence-corrected chi connectivity index (χ3v) is 6.37. The Morgan fingerprint density at radius 2 is 1.71 bits per heavy atom. The van der Waals surface area contributed by atoms with Crippen molar-refractivity contribution in [2.75, 3.05) is 27.4 Å². The highest BCUT2D eigenvalue weighted by Gasteiger charge is 2.22. The van der Waals surface area contributed by atoms with Crippen LogP contribution in [-0.2, 0) is 31.3 Å². The van der Waals surface area contributed by atoms with Crippen LogP contribution in [0.5, 0.6) is 11.5 Å². The SMILES string of the molecule is CCOCCn1c(=O)c2c(nc3n(CCc4ccc(OC)c(OC)c4)c(C)c(C)n23)n(C)c1=O. The molecule has 0 saturated heterocycles. The molecule has 4 rings (SSSR count). The van der Waals surface area contributed by atoms with Crippen molar-refractivity contribution in [3.63, 3.8) is 0 Å². The van der Waals surface area contributed by atoms with Crippen LogP contribution >= 0.6 is 0 Å². The van der Waals surface area contributed by atoms with E-state index >= 15 is 0 Å². The second kappa shape index (κ2) is 9.38. The number of aromatic nitrogens is 5. The lowest BCUT2D eigenvalue weighted by molar-refractivity contribution is 0.137. The van der Waals surface area contributed by atoms with Gasteiger partial charge in [0.15, 0.2) is 22.7 Å². The van der Waals surface area contributed by atoms with E-state index in [9.17, 15) is 9.59 Å². The van der Waals surface area contributed by atoms with E-state index in [0.29, 0.717) is 48.2 Å². The summed E-state index contributed by atoms with van der Waals surface area (Å²) in [5.74, 6) is 2.00. The molecule has 10 heteroatoms. The molecule has 3 aromatic heterocycles. The van der Waals surface area contributed by atoms with Gasteiger partial charge in [0.25, 0.3) is 5.56 Å². The molecular weight excluding hydrogens is 438 g/mol. The van der Waals surface area contributed by atoms with Crippen molar-refractivity contribution < 1.29 is 14.2 Å². The van der Waals surface area contributed by atoms with Crippen molar-refractivity contribution in [2.45, 2.75) is 40.3 Å². The topological polar surface area (TPSA) is 93.9 Å². The van der Waals surface area contributed by atoms with E-state index < -0.39 is 5.69 Å². The molecule has 34 heavy (non-hydrogen) atoms. The fourth-order valence-electron chi connectivity index (χ4n) is 4.36. The molecule has 0 aliphatic heterocycles. The standard InChI is InChI=1S/C24H31N5O5/c1-7-34-13-12-28-22(30)20-21(26(4)24(28)31)25-23-27(15(2)16(3)29(20)23)11-10-17-8-9-18(32-5)19(14-17)33-6/h8-9,14H,7,10-13H2,1-6H3. The van der Waals surface area contributed by atoms with E-state index in [4.69, 9.17) is 19.2 Å². The first-order valence-corrected chi connectivity index (χ1v) is 11.3. The molecule has 0 atom stereocenters. The Hall–Kier alpha value is -3.53. The van der Waals surface area contributed by atoms with Crippen LogP contribution in [0.25, 0.3) is 16.9 Å². The fraction of sp³-hybridized carbons (Fsp3) is 0.458. The maximum atomic E-state index is 13.4. The molecule has 0 aliphatic carbocycles. The molecule has 0 radical (unpaired) electrons. The molecule has 0 N–H and O–H groups in total. The highest BCUT2D eigenvalue weighted by atomic mass is 16.5. The van der Waals surface area contributed by atoms with Crippen LogP contribution in [0.3, 0.4) is 0 Å². The Bertz CT molecular complexity index is 1470. The highest BCUT2D eigenvalue weighted by Crippen LogP contribution is 2.28. The molecular formula is C24H31N5O5. The average Bonchev–Trinajstić information content (AvgIpc) is 3.34. The Morgan fingerprint density at radius 1 is 0.971 bits per heavy atom. The number of nitrogens with zero attached hydrogens (tertiary/aromatic N) is 5. The number of methoxy groups -OCH3 is 2. The molecule has 4 aromatic rings. The summed E-state index contributed by atoms with van der Waals surface area (Å²) in [6.07, 6.45) is 0.728. The smallest absolute Gasteiger partial charge is 0.332 e. The number of aryl methyl sites for hydroxylation is 4. The van der Waals surface area contributed by atoms with Crippen LogP contribution in [0.4, 0.5) is 0 Å². The summed E-state index contributed by atoms with van der Waals surface area (Å²) in [6, 6.07) is 5.86. The number of rotatable bonds is 9. The summed E-state index contributed by atoms with van der Waals surface area (Å²) in [5, 5.41) is 0. The lowest BCUT2D eigenvalue weighted by atomic mass is 10.1. The first-order chi connectivity index (χ1) is 16.3. The zero-order chi connectivity index (χ0) is 24.6. The number of hydrogen-bond donors (Lipinski definition) is 0. The Kier molecular flexibility index (Phi) is 6.52. The minimum Gasteiger partial charge on any atom is -0.493 e. The molecule has 1 aromatic carbocycles. The maximum Gasteiger partial charge on any atom is 0.332 e. The van der Waals surface area contributed by atoms with E-state index in [1.54, 1.807) is 21.3 Å². The van der Waals surface area contributed by atoms with Crippen molar-refractivity contribution in [1.29, 1.82) is 0 Å². The van der Waals surface area contributed by atoms with Gasteiger partial charge in [-0.1, -0.05) is 6.07 Å². The molecule has 0 amide bonds. The number of ether oxygens (including phenoxy) is 3. The average molecular weight is 470 g/mol. The number of hydrogen-bond acceptors (Lipinski definition) is 6. The summed E-state index contributed by atoms with van der Waals surface area (Å²) in [5.41, 5.74) is 3.04. The number of imidazole rings is 2. The van der Waals surface area contributed by atoms with Gasteiger partial charge < -0.3 is 18.8 Å². The van der Waals surface area contributed by atoms with Gasteiger partial charge in [-0.2, -0.15) is 4.98 Å². The lowest BCUT2D eigenvalue weighted by Gasteiger charge is -2.11. The molecule has 0 saturated carbocycles. The first kappa shape index (κ1) is 23.6. The van der Waals surface area contributed by atoms with E-state index in [0.717, 1.165) is 23.4 Å². The normalized spacial score (nSPS) is 11.6. The minimum atomic E-state index is -0.399. The molecule has 182 valence electrons. The van der Waals surface area contributed by atoms with E-state index in [1.165, 1.54) is 9.13 Å². The van der Waals surface area contributed by atoms with Gasteiger partial charge in [0.05, 0.1) is 27.4 Å². The van der Waals surface area contributed by atoms with E-state index in [-0.39, 0.29) is 12.1 Å². The number of fused-ring (bicyclic) bond motifs is 3. The summed E-state index contributed by atoms with van der Waals surface area (Å²) in [6.45, 7) is 7.51. The van der Waals surface area contributed by atoms with Crippen molar-refractivity contribution in [1.82, 2.24) is 23.1 Å². The Labute approximate surface area is 196 Å². The Balaban J connectivity index is 1.80. The van der Waals surface area contributed by atoms with Crippen molar-refractivity contribution in [3.8, 4) is 11.5 Å². The first-order valence-electron chi connectivity index (χ1n) is 11.3. The maximum absolute atomic E-state index is 13.4. The molecule has 0 bridgehead atoms. The third-order valence-electron chi connectivity index (χ3n) is 6.37. The zero-order valence-corrected chi connectivity index (χ0v) is 20.5. The summed E-state index contributed by atoms with van der Waals surface area (Å²) < 4.78 is 22.7. The van der Waals surface area contributed by atoms with E-state index in [1.807, 2.05) is 43.4 Å². The second-order valence-corrected chi connectivity index (χ2v) is 8.18. The predicted octanol–water partition coefficient (Wildman–Crippen LogP) is 2.06. The molecule has 0 spiro atoms. The monoisotopic (exact) mass is 469 g/mol. The van der Waals surface area contributed by atoms with Crippen LogP contribution in [-0.4, -0.2) is 50.5 Å². The van der Waals surface area contributed by atoms with Crippen LogP contribution in [0.2, 0.25) is 0 Å². The molecule has 3 heterocycles. The van der Waals surface area contributed by atoms with Crippen molar-refractivity contribution >= 4 is 16.9 Å². The fourth-order valence-corrected chi connectivity index (χ4v) is 4.36. The van der Waals surface area contributed by atoms with Gasteiger partial charge in [0.1, 0.15) is 0 Å². The van der Waals surface area contributed by atoms with Crippen LogP contribution in [0.1, 0.15) is 23.9 Å². The van der Waals surface area contributed by atoms with Gasteiger partial charge >= 0.3 is 5.69 Å². The zero-order valence-electron chi connectivity index (χ0n) is 20.5. The van der Waals surface area contributed by atoms with Crippen LogP contribution in [0, 0.1) is 13.8 Å². The van der Waals surface area contributed by atoms with Gasteiger partial charge in [-0.3, -0.25) is 18.3 Å². The minimum absolute atomic E-state index is 0.195. The largest absolute Gasteiger partial charge is 0.493 e. The van der Waals surface area contributed by atoms with Gasteiger partial charge in [-0.25, -0.2) is 4.79 Å². The van der Waals surface area contributed by atoms with Gasteiger partial charge in [0.2, 0.25) is 5.78 Å². The molecule has 10 nitrogen and oxygen atoms in total. The second-order valence-electron chi connectivity index (χ2n) is 8.18. The van der Waals surface area contributed by atoms with Gasteiger partial charge in [-0.15, -0.1) is 0 Å². The van der Waals surface area contributed by atoms with Gasteiger partial charge in [-0.05, 0) is 44.9 Å². The predicted molar refractivity (Wildman–Crippen MR) is 129 cm³/mol. The number of benzene rings is 1. The summed E-state index contributed by atoms with van der Waals surface area (Å²) in [7, 11) is 4.87. The van der Waals surface area contributed by atoms with Crippen LogP contribution in [0.15, 0.2) is 27.8 Å². The molecule has 0 unspecified atom stereocenters. The van der Waals surface area contributed by atoms with E-state index in [2.05, 4.69) is 4.57 Å². The lowest BCUT2D eigenvalue weighted by Crippen LogP contribution is -2.40. The van der Waals surface area contributed by atoms with Crippen LogP contribution < -0.4 is 20.7 Å². The summed E-state index contributed by atoms with van der Waals surface area (Å²) in [4.78, 5) is 30.9.